The summed E-state index contributed by atoms with van der Waals surface area (Å²) >= 11 is 1.46. The zero-order chi connectivity index (χ0) is 22.9. The molecule has 0 bridgehead atoms. The zero-order valence-electron chi connectivity index (χ0n) is 18.5. The summed E-state index contributed by atoms with van der Waals surface area (Å²) in [6, 6.07) is 13.7. The highest BCUT2D eigenvalue weighted by Gasteiger charge is 2.14. The van der Waals surface area contributed by atoms with Gasteiger partial charge >= 0.3 is 0 Å². The molecule has 2 aromatic heterocycles. The standard InChI is InChI=1S/C24H25FN4O2S/c1-24(2,3)15-5-8-18(9-6-15)31-13-22-27-28-23(29(22)4)32-14-17-12-21(30)19-11-16(25)7-10-20(19)26-17/h5-12H,13-14H2,1-4H3,(H,26,30). The summed E-state index contributed by atoms with van der Waals surface area (Å²) in [4.78, 5) is 15.5. The Kier molecular flexibility index (Phi) is 6.06. The second-order valence-corrected chi connectivity index (χ2v) is 9.60. The van der Waals surface area contributed by atoms with E-state index in [4.69, 9.17) is 4.74 Å². The molecule has 166 valence electrons. The van der Waals surface area contributed by atoms with E-state index in [1.807, 2.05) is 23.7 Å². The van der Waals surface area contributed by atoms with Gasteiger partial charge in [-0.25, -0.2) is 4.39 Å². The number of thioether (sulfide) groups is 1. The number of nitrogens with zero attached hydrogens (tertiary/aromatic N) is 3. The summed E-state index contributed by atoms with van der Waals surface area (Å²) in [5.74, 6) is 1.56. The molecular weight excluding hydrogens is 427 g/mol. The summed E-state index contributed by atoms with van der Waals surface area (Å²) < 4.78 is 21.1. The minimum Gasteiger partial charge on any atom is -0.486 e. The Labute approximate surface area is 189 Å². The molecule has 32 heavy (non-hydrogen) atoms. The molecule has 1 N–H and O–H groups in total. The zero-order valence-corrected chi connectivity index (χ0v) is 19.3. The Balaban J connectivity index is 1.40. The summed E-state index contributed by atoms with van der Waals surface area (Å²) in [5, 5.41) is 9.53. The van der Waals surface area contributed by atoms with E-state index in [-0.39, 0.29) is 10.8 Å². The number of fused-ring (bicyclic) bond motifs is 1. The first-order chi connectivity index (χ1) is 15.2. The maximum absolute atomic E-state index is 13.4. The first kappa shape index (κ1) is 22.1. The summed E-state index contributed by atoms with van der Waals surface area (Å²) in [7, 11) is 1.88. The minimum atomic E-state index is -0.427. The highest BCUT2D eigenvalue weighted by molar-refractivity contribution is 7.98. The van der Waals surface area contributed by atoms with E-state index in [0.29, 0.717) is 34.2 Å². The number of aromatic amines is 1. The highest BCUT2D eigenvalue weighted by atomic mass is 32.2. The molecule has 4 aromatic rings. The van der Waals surface area contributed by atoms with Gasteiger partial charge in [0.2, 0.25) is 0 Å². The van der Waals surface area contributed by atoms with E-state index < -0.39 is 5.82 Å². The Morgan fingerprint density at radius 2 is 1.84 bits per heavy atom. The molecule has 8 heteroatoms. The van der Waals surface area contributed by atoms with Crippen LogP contribution in [-0.4, -0.2) is 19.7 Å². The lowest BCUT2D eigenvalue weighted by Gasteiger charge is -2.19. The molecule has 0 saturated heterocycles. The van der Waals surface area contributed by atoms with Gasteiger partial charge in [0.05, 0.1) is 0 Å². The number of hydrogen-bond acceptors (Lipinski definition) is 5. The molecule has 0 fully saturated rings. The van der Waals surface area contributed by atoms with Crippen LogP contribution in [0.1, 0.15) is 37.9 Å². The second-order valence-electron chi connectivity index (χ2n) is 8.66. The van der Waals surface area contributed by atoms with Crippen LogP contribution in [0.5, 0.6) is 5.75 Å². The molecule has 0 radical (unpaired) electrons. The van der Waals surface area contributed by atoms with Gasteiger partial charge in [0.15, 0.2) is 16.4 Å². The topological polar surface area (TPSA) is 72.8 Å². The average Bonchev–Trinajstić information content (AvgIpc) is 3.10. The van der Waals surface area contributed by atoms with Crippen LogP contribution in [-0.2, 0) is 24.8 Å². The van der Waals surface area contributed by atoms with Crippen LogP contribution < -0.4 is 10.2 Å². The maximum atomic E-state index is 13.4. The number of benzene rings is 2. The molecule has 0 aliphatic carbocycles. The quantitative estimate of drug-likeness (QED) is 0.419. The molecule has 0 spiro atoms. The molecule has 0 unspecified atom stereocenters. The lowest BCUT2D eigenvalue weighted by atomic mass is 9.87. The normalized spacial score (nSPS) is 11.8. The van der Waals surface area contributed by atoms with Gasteiger partial charge in [-0.2, -0.15) is 0 Å². The van der Waals surface area contributed by atoms with Crippen LogP contribution in [0, 0.1) is 5.82 Å². The Hall–Kier alpha value is -3.13. The van der Waals surface area contributed by atoms with Gasteiger partial charge in [-0.15, -0.1) is 10.2 Å². The molecule has 0 saturated carbocycles. The third kappa shape index (κ3) is 4.85. The first-order valence-corrected chi connectivity index (χ1v) is 11.2. The number of aromatic nitrogens is 4. The van der Waals surface area contributed by atoms with Crippen molar-refractivity contribution in [3.63, 3.8) is 0 Å². The first-order valence-electron chi connectivity index (χ1n) is 10.3. The van der Waals surface area contributed by atoms with E-state index in [9.17, 15) is 9.18 Å². The van der Waals surface area contributed by atoms with Crippen LogP contribution in [0.25, 0.3) is 10.9 Å². The Morgan fingerprint density at radius 1 is 1.09 bits per heavy atom. The van der Waals surface area contributed by atoms with Crippen LogP contribution in [0.4, 0.5) is 4.39 Å². The fourth-order valence-electron chi connectivity index (χ4n) is 3.29. The van der Waals surface area contributed by atoms with E-state index in [0.717, 1.165) is 11.4 Å². The van der Waals surface area contributed by atoms with Crippen molar-refractivity contribution < 1.29 is 9.13 Å². The Bertz CT molecular complexity index is 1310. The van der Waals surface area contributed by atoms with Crippen molar-refractivity contribution in [2.75, 3.05) is 0 Å². The average molecular weight is 453 g/mol. The third-order valence-electron chi connectivity index (χ3n) is 5.22. The van der Waals surface area contributed by atoms with Gasteiger partial charge in [0.25, 0.3) is 0 Å². The van der Waals surface area contributed by atoms with E-state index in [1.54, 1.807) is 6.07 Å². The second kappa shape index (κ2) is 8.78. The molecule has 4 rings (SSSR count). The fraction of sp³-hybridized carbons (Fsp3) is 0.292. The summed E-state index contributed by atoms with van der Waals surface area (Å²) in [6.07, 6.45) is 0. The molecule has 0 atom stereocenters. The van der Waals surface area contributed by atoms with Crippen molar-refractivity contribution in [3.05, 3.63) is 81.7 Å². The fourth-order valence-corrected chi connectivity index (χ4v) is 4.13. The van der Waals surface area contributed by atoms with E-state index >= 15 is 0 Å². The molecule has 0 amide bonds. The number of nitrogens with one attached hydrogen (secondary N) is 1. The minimum absolute atomic E-state index is 0.0970. The van der Waals surface area contributed by atoms with Crippen molar-refractivity contribution in [2.45, 2.75) is 43.7 Å². The number of pyridine rings is 1. The van der Waals surface area contributed by atoms with Crippen LogP contribution in [0.2, 0.25) is 0 Å². The van der Waals surface area contributed by atoms with Gasteiger partial charge in [0, 0.05) is 35.5 Å². The number of ether oxygens (including phenoxy) is 1. The molecule has 2 aromatic carbocycles. The third-order valence-corrected chi connectivity index (χ3v) is 6.29. The van der Waals surface area contributed by atoms with Gasteiger partial charge in [0.1, 0.15) is 18.2 Å². The van der Waals surface area contributed by atoms with E-state index in [2.05, 4.69) is 48.1 Å². The number of H-pyrrole nitrogens is 1. The molecular formula is C24H25FN4O2S. The van der Waals surface area contributed by atoms with Crippen LogP contribution >= 0.6 is 11.8 Å². The van der Waals surface area contributed by atoms with E-state index in [1.165, 1.54) is 35.5 Å². The Morgan fingerprint density at radius 3 is 2.56 bits per heavy atom. The van der Waals surface area contributed by atoms with Crippen LogP contribution in [0.3, 0.4) is 0 Å². The van der Waals surface area contributed by atoms with Crippen LogP contribution in [0.15, 0.2) is 58.5 Å². The number of rotatable bonds is 6. The maximum Gasteiger partial charge on any atom is 0.191 e. The lowest BCUT2D eigenvalue weighted by Crippen LogP contribution is -2.10. The predicted molar refractivity (Wildman–Crippen MR) is 125 cm³/mol. The largest absolute Gasteiger partial charge is 0.486 e. The van der Waals surface area contributed by atoms with Gasteiger partial charge in [-0.3, -0.25) is 4.79 Å². The summed E-state index contributed by atoms with van der Waals surface area (Å²) in [5.41, 5.74) is 2.48. The number of halogens is 1. The highest BCUT2D eigenvalue weighted by Crippen LogP contribution is 2.25. The lowest BCUT2D eigenvalue weighted by molar-refractivity contribution is 0.290. The molecule has 0 aliphatic heterocycles. The molecule has 0 aliphatic rings. The van der Waals surface area contributed by atoms with Gasteiger partial charge in [-0.05, 0) is 41.3 Å². The van der Waals surface area contributed by atoms with Crippen molar-refractivity contribution in [3.8, 4) is 5.75 Å². The smallest absolute Gasteiger partial charge is 0.191 e. The summed E-state index contributed by atoms with van der Waals surface area (Å²) in [6.45, 7) is 6.83. The SMILES string of the molecule is Cn1c(COc2ccc(C(C)(C)C)cc2)nnc1SCc1cc(=O)c2cc(F)ccc2[nH]1. The van der Waals surface area contributed by atoms with Crippen molar-refractivity contribution >= 4 is 22.7 Å². The predicted octanol–water partition coefficient (Wildman–Crippen LogP) is 4.96. The van der Waals surface area contributed by atoms with Gasteiger partial charge < -0.3 is 14.3 Å². The monoisotopic (exact) mass is 452 g/mol. The van der Waals surface area contributed by atoms with Crippen molar-refractivity contribution in [1.29, 1.82) is 0 Å². The van der Waals surface area contributed by atoms with Gasteiger partial charge in [-0.1, -0.05) is 44.7 Å². The van der Waals surface area contributed by atoms with Crippen molar-refractivity contribution in [2.24, 2.45) is 7.05 Å². The molecule has 2 heterocycles. The van der Waals surface area contributed by atoms with Crippen molar-refractivity contribution in [1.82, 2.24) is 19.7 Å². The number of hydrogen-bond donors (Lipinski definition) is 1. The molecule has 6 nitrogen and oxygen atoms in total.